The number of aromatic nitrogens is 3. The Kier molecular flexibility index (Phi) is 7.10. The molecule has 2 amide bonds. The minimum absolute atomic E-state index is 0.0709. The van der Waals surface area contributed by atoms with Gasteiger partial charge in [-0.25, -0.2) is 4.79 Å². The zero-order valence-corrected chi connectivity index (χ0v) is 17.4. The van der Waals surface area contributed by atoms with Crippen molar-refractivity contribution in [1.29, 1.82) is 0 Å². The third kappa shape index (κ3) is 5.27. The Labute approximate surface area is 173 Å². The second-order valence-electron chi connectivity index (χ2n) is 6.52. The van der Waals surface area contributed by atoms with Crippen molar-refractivity contribution in [2.75, 3.05) is 20.8 Å². The van der Waals surface area contributed by atoms with E-state index in [1.54, 1.807) is 14.0 Å². The lowest BCUT2D eigenvalue weighted by Gasteiger charge is -2.16. The number of methoxy groups -OCH3 is 2. The van der Waals surface area contributed by atoms with Crippen molar-refractivity contribution in [3.8, 4) is 17.1 Å². The van der Waals surface area contributed by atoms with E-state index >= 15 is 0 Å². The molecule has 2 aromatic rings. The lowest BCUT2D eigenvalue weighted by Crippen LogP contribution is -2.36. The van der Waals surface area contributed by atoms with Crippen LogP contribution in [0, 0.1) is 0 Å². The lowest BCUT2D eigenvalue weighted by molar-refractivity contribution is -0.119. The molecule has 0 saturated carbocycles. The van der Waals surface area contributed by atoms with Crippen LogP contribution < -0.4 is 10.1 Å². The van der Waals surface area contributed by atoms with Gasteiger partial charge < -0.3 is 14.2 Å². The van der Waals surface area contributed by atoms with Crippen LogP contribution in [0.3, 0.4) is 0 Å². The minimum Gasteiger partial charge on any atom is -0.497 e. The number of nitrogens with one attached hydrogen (secondary N) is 1. The van der Waals surface area contributed by atoms with E-state index in [-0.39, 0.29) is 6.10 Å². The standard InChI is InChI=1S/C19H24N4O5S/c1-12(17(24)20-19(25)27-3)29-18-22-21-16(13-6-8-14(26-2)9-7-13)23(18)11-15-5-4-10-28-15/h6-9,12,15H,4-5,10-11H2,1-3H3,(H,20,24,25)/t12-,15+/m0/s1. The first-order valence-electron chi connectivity index (χ1n) is 9.26. The van der Waals surface area contributed by atoms with Crippen molar-refractivity contribution in [3.05, 3.63) is 24.3 Å². The molecule has 1 fully saturated rings. The van der Waals surface area contributed by atoms with E-state index in [1.807, 2.05) is 28.8 Å². The van der Waals surface area contributed by atoms with Crippen LogP contribution >= 0.6 is 11.8 Å². The highest BCUT2D eigenvalue weighted by molar-refractivity contribution is 8.00. The average Bonchev–Trinajstić information content (AvgIpc) is 3.38. The molecular formula is C19H24N4O5S. The summed E-state index contributed by atoms with van der Waals surface area (Å²) in [5.41, 5.74) is 0.884. The number of benzene rings is 1. The third-order valence-corrected chi connectivity index (χ3v) is 5.62. The van der Waals surface area contributed by atoms with Crippen LogP contribution in [0.1, 0.15) is 19.8 Å². The van der Waals surface area contributed by atoms with Gasteiger partial charge in [-0.1, -0.05) is 11.8 Å². The Morgan fingerprint density at radius 1 is 1.31 bits per heavy atom. The monoisotopic (exact) mass is 420 g/mol. The van der Waals surface area contributed by atoms with Crippen LogP contribution in [0.15, 0.2) is 29.4 Å². The summed E-state index contributed by atoms with van der Waals surface area (Å²) in [7, 11) is 2.82. The Morgan fingerprint density at radius 3 is 2.69 bits per heavy atom. The van der Waals surface area contributed by atoms with Gasteiger partial charge in [0.1, 0.15) is 5.75 Å². The summed E-state index contributed by atoms with van der Waals surface area (Å²) >= 11 is 1.23. The quantitative estimate of drug-likeness (QED) is 0.681. The van der Waals surface area contributed by atoms with Crippen molar-refractivity contribution >= 4 is 23.8 Å². The van der Waals surface area contributed by atoms with E-state index in [0.29, 0.717) is 17.5 Å². The molecule has 0 aliphatic carbocycles. The van der Waals surface area contributed by atoms with Crippen molar-refractivity contribution in [2.24, 2.45) is 0 Å². The fraction of sp³-hybridized carbons (Fsp3) is 0.474. The summed E-state index contributed by atoms with van der Waals surface area (Å²) in [5, 5.41) is 10.8. The molecule has 0 spiro atoms. The van der Waals surface area contributed by atoms with E-state index in [2.05, 4.69) is 20.3 Å². The van der Waals surface area contributed by atoms with E-state index in [1.165, 1.54) is 18.9 Å². The molecule has 9 nitrogen and oxygen atoms in total. The van der Waals surface area contributed by atoms with Gasteiger partial charge in [-0.05, 0) is 44.0 Å². The van der Waals surface area contributed by atoms with E-state index < -0.39 is 17.3 Å². The fourth-order valence-electron chi connectivity index (χ4n) is 2.95. The molecule has 0 bridgehead atoms. The number of carbonyl (C=O) groups excluding carboxylic acids is 2. The number of hydrogen-bond acceptors (Lipinski definition) is 8. The molecule has 1 aliphatic heterocycles. The summed E-state index contributed by atoms with van der Waals surface area (Å²) < 4.78 is 17.4. The zero-order valence-electron chi connectivity index (χ0n) is 16.6. The lowest BCUT2D eigenvalue weighted by atomic mass is 10.2. The molecule has 1 saturated heterocycles. The second-order valence-corrected chi connectivity index (χ2v) is 7.83. The second kappa shape index (κ2) is 9.75. The molecule has 2 heterocycles. The summed E-state index contributed by atoms with van der Waals surface area (Å²) in [6.45, 7) is 3.02. The van der Waals surface area contributed by atoms with E-state index in [4.69, 9.17) is 9.47 Å². The van der Waals surface area contributed by atoms with Gasteiger partial charge in [0.25, 0.3) is 0 Å². The number of hydrogen-bond donors (Lipinski definition) is 1. The van der Waals surface area contributed by atoms with E-state index in [9.17, 15) is 9.59 Å². The molecule has 1 aromatic heterocycles. The molecular weight excluding hydrogens is 396 g/mol. The van der Waals surface area contributed by atoms with Gasteiger partial charge in [0.05, 0.1) is 32.1 Å². The first kappa shape index (κ1) is 21.1. The molecule has 0 radical (unpaired) electrons. The molecule has 3 rings (SSSR count). The number of carbonyl (C=O) groups is 2. The van der Waals surface area contributed by atoms with Crippen LogP contribution in [0.5, 0.6) is 5.75 Å². The fourth-order valence-corrected chi connectivity index (χ4v) is 3.81. The maximum Gasteiger partial charge on any atom is 0.413 e. The van der Waals surface area contributed by atoms with Gasteiger partial charge in [-0.2, -0.15) is 0 Å². The highest BCUT2D eigenvalue weighted by Gasteiger charge is 2.25. The van der Waals surface area contributed by atoms with E-state index in [0.717, 1.165) is 30.8 Å². The topological polar surface area (TPSA) is 105 Å². The van der Waals surface area contributed by atoms with Crippen LogP contribution in [-0.2, 0) is 20.8 Å². The minimum atomic E-state index is -0.790. The Bertz CT molecular complexity index is 849. The Hall–Kier alpha value is -2.59. The summed E-state index contributed by atoms with van der Waals surface area (Å²) in [6.07, 6.45) is 1.26. The van der Waals surface area contributed by atoms with Crippen LogP contribution in [0.2, 0.25) is 0 Å². The first-order valence-corrected chi connectivity index (χ1v) is 10.1. The first-order chi connectivity index (χ1) is 14.0. The summed E-state index contributed by atoms with van der Waals surface area (Å²) in [4.78, 5) is 23.5. The molecule has 10 heteroatoms. The molecule has 1 aliphatic rings. The number of imide groups is 1. The maximum atomic E-state index is 12.2. The SMILES string of the molecule is COC(=O)NC(=O)[C@H](C)Sc1nnc(-c2ccc(OC)cc2)n1C[C@H]1CCCO1. The number of thioether (sulfide) groups is 1. The predicted octanol–water partition coefficient (Wildman–Crippen LogP) is 2.50. The van der Waals surface area contributed by atoms with Gasteiger partial charge in [-0.15, -0.1) is 10.2 Å². The van der Waals surface area contributed by atoms with Crippen molar-refractivity contribution < 1.29 is 23.8 Å². The van der Waals surface area contributed by atoms with Gasteiger partial charge >= 0.3 is 6.09 Å². The van der Waals surface area contributed by atoms with Gasteiger partial charge in [0.2, 0.25) is 5.91 Å². The van der Waals surface area contributed by atoms with Crippen molar-refractivity contribution in [2.45, 2.75) is 42.8 Å². The van der Waals surface area contributed by atoms with Gasteiger partial charge in [-0.3, -0.25) is 14.7 Å². The van der Waals surface area contributed by atoms with Gasteiger partial charge in [0.15, 0.2) is 11.0 Å². The van der Waals surface area contributed by atoms with Crippen molar-refractivity contribution in [1.82, 2.24) is 20.1 Å². The summed E-state index contributed by atoms with van der Waals surface area (Å²) in [6, 6.07) is 7.55. The third-order valence-electron chi connectivity index (χ3n) is 4.54. The van der Waals surface area contributed by atoms with Crippen LogP contribution in [-0.4, -0.2) is 58.9 Å². The smallest absolute Gasteiger partial charge is 0.413 e. The normalized spacial score (nSPS) is 17.0. The average molecular weight is 420 g/mol. The molecule has 0 unspecified atom stereocenters. The Morgan fingerprint density at radius 2 is 2.07 bits per heavy atom. The molecule has 29 heavy (non-hydrogen) atoms. The number of amides is 2. The van der Waals surface area contributed by atoms with Crippen LogP contribution in [0.25, 0.3) is 11.4 Å². The highest BCUT2D eigenvalue weighted by atomic mass is 32.2. The Balaban J connectivity index is 1.84. The van der Waals surface area contributed by atoms with Crippen molar-refractivity contribution in [3.63, 3.8) is 0 Å². The summed E-state index contributed by atoms with van der Waals surface area (Å²) in [5.74, 6) is 0.979. The molecule has 156 valence electrons. The number of ether oxygens (including phenoxy) is 3. The number of nitrogens with zero attached hydrogens (tertiary/aromatic N) is 3. The zero-order chi connectivity index (χ0) is 20.8. The number of rotatable bonds is 7. The van der Waals surface area contributed by atoms with Gasteiger partial charge in [0, 0.05) is 12.2 Å². The predicted molar refractivity (Wildman–Crippen MR) is 107 cm³/mol. The largest absolute Gasteiger partial charge is 0.497 e. The molecule has 2 atom stereocenters. The molecule has 1 N–H and O–H groups in total. The number of alkyl carbamates (subject to hydrolysis) is 1. The van der Waals surface area contributed by atoms with Crippen LogP contribution in [0.4, 0.5) is 4.79 Å². The molecule has 1 aromatic carbocycles. The maximum absolute atomic E-state index is 12.2. The highest BCUT2D eigenvalue weighted by Crippen LogP contribution is 2.29.